The second-order valence-electron chi connectivity index (χ2n) is 31.3. The van der Waals surface area contributed by atoms with Gasteiger partial charge in [-0.05, 0) is 144 Å². The third-order valence-electron chi connectivity index (χ3n) is 21.9. The van der Waals surface area contributed by atoms with Gasteiger partial charge in [0.05, 0.1) is 179 Å². The maximum atomic E-state index is 10.2. The number of benzene rings is 8. The van der Waals surface area contributed by atoms with Crippen molar-refractivity contribution in [2.24, 2.45) is 27.1 Å². The van der Waals surface area contributed by atoms with E-state index in [2.05, 4.69) is 120 Å². The average Bonchev–Trinajstić information content (AvgIpc) is 1.55. The van der Waals surface area contributed by atoms with Gasteiger partial charge < -0.3 is 72.6 Å². The molecule has 8 aromatic carbocycles. The van der Waals surface area contributed by atoms with Gasteiger partial charge in [-0.3, -0.25) is 39.1 Å². The zero-order valence-electron chi connectivity index (χ0n) is 74.2. The third-order valence-corrected chi connectivity index (χ3v) is 21.9. The van der Waals surface area contributed by atoms with E-state index in [9.17, 15) is 5.11 Å². The Kier molecular flexibility index (Phi) is 28.6. The summed E-state index contributed by atoms with van der Waals surface area (Å²) < 4.78 is 49.4. The van der Waals surface area contributed by atoms with E-state index in [0.29, 0.717) is 35.5 Å². The van der Waals surface area contributed by atoms with Crippen molar-refractivity contribution in [3.8, 4) is 91.0 Å². The highest BCUT2D eigenvalue weighted by atomic mass is 16.5. The minimum Gasteiger partial charge on any atom is -0.497 e. The summed E-state index contributed by atoms with van der Waals surface area (Å²) in [5, 5.41) is 38.9. The molecule has 31 nitrogen and oxygen atoms in total. The van der Waals surface area contributed by atoms with Gasteiger partial charge in [0.25, 0.3) is 0 Å². The number of fused-ring (bicyclic) bond motifs is 4. The third kappa shape index (κ3) is 22.0. The first-order valence-electron chi connectivity index (χ1n) is 42.6. The molecule has 18 rings (SSSR count). The number of hydrogen-bond acceptors (Lipinski definition) is 27. The molecule has 1 aliphatic carbocycles. The number of anilines is 8. The van der Waals surface area contributed by atoms with Crippen LogP contribution in [0.3, 0.4) is 0 Å². The fourth-order valence-corrected chi connectivity index (χ4v) is 15.2. The molecule has 0 bridgehead atoms. The first kappa shape index (κ1) is 88.3. The molecule has 660 valence electrons. The smallest absolute Gasteiger partial charge is 0.125 e. The van der Waals surface area contributed by atoms with Gasteiger partial charge in [0.1, 0.15) is 52.6 Å². The van der Waals surface area contributed by atoms with E-state index >= 15 is 0 Å². The van der Waals surface area contributed by atoms with Crippen molar-refractivity contribution in [2.45, 2.75) is 58.5 Å². The topological polar surface area (TPSA) is 316 Å². The van der Waals surface area contributed by atoms with Crippen LogP contribution >= 0.6 is 0 Å². The number of methoxy groups -OCH3 is 7. The van der Waals surface area contributed by atoms with Gasteiger partial charge in [-0.1, -0.05) is 6.92 Å². The summed E-state index contributed by atoms with van der Waals surface area (Å²) in [5.74, 6) is 6.41. The lowest BCUT2D eigenvalue weighted by Gasteiger charge is -2.27. The molecule has 128 heavy (non-hydrogen) atoms. The number of aliphatic hydroxyl groups is 2. The monoisotopic (exact) mass is 1730 g/mol. The van der Waals surface area contributed by atoms with Crippen LogP contribution in [0.4, 0.5) is 45.5 Å². The van der Waals surface area contributed by atoms with Crippen LogP contribution in [0, 0.1) is 5.92 Å². The zero-order valence-corrected chi connectivity index (χ0v) is 74.2. The molecule has 31 heteroatoms. The number of aryl methyl sites for hydroxylation is 3. The van der Waals surface area contributed by atoms with Gasteiger partial charge in [-0.2, -0.15) is 20.4 Å². The van der Waals surface area contributed by atoms with Crippen LogP contribution in [0.2, 0.25) is 0 Å². The lowest BCUT2D eigenvalue weighted by Crippen LogP contribution is -2.26. The van der Waals surface area contributed by atoms with E-state index in [0.717, 1.165) is 197 Å². The van der Waals surface area contributed by atoms with Crippen molar-refractivity contribution in [1.29, 1.82) is 0 Å². The Morgan fingerprint density at radius 3 is 1.10 bits per heavy atom. The average molecular weight is 1730 g/mol. The Morgan fingerprint density at radius 2 is 0.758 bits per heavy atom. The summed E-state index contributed by atoms with van der Waals surface area (Å²) in [6.45, 7) is 10.6. The normalized spacial score (nSPS) is 12.6. The highest BCUT2D eigenvalue weighted by Gasteiger charge is 2.28. The molecule has 1 unspecified atom stereocenters. The summed E-state index contributed by atoms with van der Waals surface area (Å²) in [6, 6.07) is 47.8. The predicted molar refractivity (Wildman–Crippen MR) is 500 cm³/mol. The Balaban J connectivity index is 0.000000132. The van der Waals surface area contributed by atoms with Crippen LogP contribution in [0.1, 0.15) is 52.4 Å². The van der Waals surface area contributed by atoms with Gasteiger partial charge in [-0.25, -0.2) is 19.9 Å². The number of aliphatic hydroxyl groups excluding tert-OH is 2. The van der Waals surface area contributed by atoms with Gasteiger partial charge in [0.2, 0.25) is 0 Å². The molecule has 0 spiro atoms. The van der Waals surface area contributed by atoms with Crippen molar-refractivity contribution in [1.82, 2.24) is 84.3 Å². The molecule has 1 aliphatic heterocycles. The number of aromatic amines is 1. The maximum absolute atomic E-state index is 10.2. The fraction of sp³-hybridized carbons (Fsp3) is 0.299. The Morgan fingerprint density at radius 1 is 0.406 bits per heavy atom. The number of hydrogen-bond donors (Lipinski definition) is 3. The number of nitrogens with zero attached hydrogens (tertiary/aromatic N) is 20. The van der Waals surface area contributed by atoms with Crippen LogP contribution in [0.25, 0.3) is 89.2 Å². The SMILES string of the molecule is CCCN(c1cc(OC)cc(OC)c1)c1ccc2ncc(-c3cn[nH]c3)nc2c1.COc1cc(OC)cc(N(CC(C)O)c2ccc3ncc(-c4cnn(C)c4)nc3c2)c1.COc1cc(OC)cc(N(CCCN2CCCC2)c2ccc3ncc(-c4cnn(C)c4)nc3c2)c1.COc1cc(OCCO)cc(N(CC2CC2)c2ccc3ncc(-c4cnn(C)c4)nc3c2)c1. The van der Waals surface area contributed by atoms with Crippen LogP contribution in [-0.4, -0.2) is 209 Å². The number of likely N-dealkylation sites (tertiary alicyclic amines) is 1. The van der Waals surface area contributed by atoms with Crippen LogP contribution in [-0.2, 0) is 21.1 Å². The minimum atomic E-state index is -0.555. The van der Waals surface area contributed by atoms with Crippen LogP contribution in [0.5, 0.6) is 46.0 Å². The molecule has 1 saturated carbocycles. The van der Waals surface area contributed by atoms with Gasteiger partial charge in [-0.15, -0.1) is 0 Å². The molecular formula is C97H107N21O10. The molecule has 9 heterocycles. The lowest BCUT2D eigenvalue weighted by atomic mass is 10.1. The second-order valence-corrected chi connectivity index (χ2v) is 31.3. The van der Waals surface area contributed by atoms with Crippen molar-refractivity contribution in [2.75, 3.05) is 128 Å². The van der Waals surface area contributed by atoms with Gasteiger partial charge in [0, 0.05) is 213 Å². The Labute approximate surface area is 743 Å². The summed E-state index contributed by atoms with van der Waals surface area (Å²) in [4.78, 5) is 49.1. The molecule has 2 aliphatic rings. The van der Waals surface area contributed by atoms with Crippen LogP contribution < -0.4 is 57.5 Å². The number of rotatable bonds is 32. The molecule has 1 saturated heterocycles. The quantitative estimate of drug-likeness (QED) is 0.0353. The largest absolute Gasteiger partial charge is 0.497 e. The first-order chi connectivity index (χ1) is 62.4. The highest BCUT2D eigenvalue weighted by molar-refractivity contribution is 5.87. The van der Waals surface area contributed by atoms with E-state index in [1.54, 1.807) is 114 Å². The van der Waals surface area contributed by atoms with Crippen molar-refractivity contribution < 1.29 is 48.1 Å². The number of nitrogens with one attached hydrogen (secondary N) is 1. The second kappa shape index (κ2) is 41.5. The number of aromatic nitrogens is 16. The van der Waals surface area contributed by atoms with Crippen molar-refractivity contribution >= 4 is 89.6 Å². The molecule has 16 aromatic rings. The first-order valence-corrected chi connectivity index (χ1v) is 42.6. The molecule has 0 amide bonds. The molecule has 8 aromatic heterocycles. The summed E-state index contributed by atoms with van der Waals surface area (Å²) in [5.41, 5.74) is 21.3. The Bertz CT molecular complexity index is 6350. The van der Waals surface area contributed by atoms with Crippen molar-refractivity contribution in [3.05, 3.63) is 220 Å². The standard InChI is InChI=1S/C27H32N6O2.C25H27N5O3.C23H25N5O3.C22H23N5O2/c1-31-19-20(17-29-31)27-18-28-25-8-7-21(15-26(25)30-27)33(12-6-11-32-9-4-5-10-32)22-13-23(34-2)16-24(14-22)35-3;1-29-16-18(13-27-29)25-14-26-23-6-5-19(11-24(23)28-25)30(15-17-3-4-17)20-9-21(32-2)12-22(10-20)33-8-7-31;1-15(29)13-28(18-7-19(30-3)10-20(8-18)31-4)17-5-6-21-22(9-17)26-23(12-24-21)16-11-25-27(2)14-16;1-4-7-27(17-8-18(28-2)11-19(9-17)29-3)16-5-6-20-21(10-16)26-22(14-23-20)15-12-24-25-13-15/h7-8,13-19H,4-6,9-12H2,1-3H3;5-6,9-14,16-17,31H,3-4,7-8,15H2,1-2H3;5-12,14-15,29H,13H2,1-4H3;5-6,8-14H,4,7H2,1-3H3,(H,24,25). The number of H-pyrrole nitrogens is 1. The fourth-order valence-electron chi connectivity index (χ4n) is 15.2. The summed E-state index contributed by atoms with van der Waals surface area (Å²) in [7, 11) is 17.2. The molecular weight excluding hydrogens is 1620 g/mol. The van der Waals surface area contributed by atoms with E-state index in [-0.39, 0.29) is 13.2 Å². The number of ether oxygens (including phenoxy) is 8. The Hall–Kier alpha value is -14.6. The van der Waals surface area contributed by atoms with E-state index < -0.39 is 6.10 Å². The molecule has 2 fully saturated rings. The summed E-state index contributed by atoms with van der Waals surface area (Å²) in [6.07, 6.45) is 28.4. The predicted octanol–water partition coefficient (Wildman–Crippen LogP) is 16.8. The molecule has 0 radical (unpaired) electrons. The highest BCUT2D eigenvalue weighted by Crippen LogP contribution is 2.42. The van der Waals surface area contributed by atoms with E-state index in [1.807, 2.05) is 154 Å². The minimum absolute atomic E-state index is 0.0407. The zero-order chi connectivity index (χ0) is 89.2. The van der Waals surface area contributed by atoms with Crippen LogP contribution in [0.15, 0.2) is 220 Å². The molecule has 3 N–H and O–H groups in total. The van der Waals surface area contributed by atoms with Crippen molar-refractivity contribution in [3.63, 3.8) is 0 Å². The van der Waals surface area contributed by atoms with E-state index in [4.69, 9.17) is 62.9 Å². The summed E-state index contributed by atoms with van der Waals surface area (Å²) >= 11 is 0. The van der Waals surface area contributed by atoms with Gasteiger partial charge in [0.15, 0.2) is 0 Å². The lowest BCUT2D eigenvalue weighted by molar-refractivity contribution is 0.201. The molecule has 1 atom stereocenters. The maximum Gasteiger partial charge on any atom is 0.125 e. The van der Waals surface area contributed by atoms with E-state index in [1.165, 1.54) is 38.8 Å². The van der Waals surface area contributed by atoms with Gasteiger partial charge >= 0.3 is 0 Å².